The van der Waals surface area contributed by atoms with E-state index in [0.29, 0.717) is 24.6 Å². The van der Waals surface area contributed by atoms with Crippen molar-refractivity contribution >= 4 is 29.6 Å². The number of pyridine rings is 2. The minimum absolute atomic E-state index is 0.00307. The molecule has 3 unspecified atom stereocenters. The smallest absolute Gasteiger partial charge is 0.253 e. The highest BCUT2D eigenvalue weighted by Gasteiger charge is 2.30. The van der Waals surface area contributed by atoms with Crippen molar-refractivity contribution in [3.05, 3.63) is 99.0 Å². The molecule has 1 aliphatic carbocycles. The van der Waals surface area contributed by atoms with Gasteiger partial charge in [-0.3, -0.25) is 24.4 Å². The number of hydrogen-bond acceptors (Lipinski definition) is 5. The summed E-state index contributed by atoms with van der Waals surface area (Å²) in [6.07, 6.45) is 10.0. The summed E-state index contributed by atoms with van der Waals surface area (Å²) < 4.78 is 15.9. The highest BCUT2D eigenvalue weighted by Crippen LogP contribution is 2.33. The Kier molecular flexibility index (Phi) is 7.37. The quantitative estimate of drug-likeness (QED) is 0.551. The predicted molar refractivity (Wildman–Crippen MR) is 143 cm³/mol. The van der Waals surface area contributed by atoms with Gasteiger partial charge in [0.2, 0.25) is 5.91 Å². The zero-order chi connectivity index (χ0) is 26.8. The Morgan fingerprint density at radius 1 is 1.21 bits per heavy atom. The summed E-state index contributed by atoms with van der Waals surface area (Å²) in [6.45, 7) is 3.34. The molecule has 0 radical (unpaired) electrons. The van der Waals surface area contributed by atoms with Crippen molar-refractivity contribution in [2.75, 3.05) is 13.1 Å². The van der Waals surface area contributed by atoms with Crippen LogP contribution in [-0.4, -0.2) is 57.0 Å². The van der Waals surface area contributed by atoms with Crippen molar-refractivity contribution < 1.29 is 14.0 Å². The first kappa shape index (κ1) is 25.8. The second-order valence-corrected chi connectivity index (χ2v) is 10.2. The van der Waals surface area contributed by atoms with Gasteiger partial charge in [-0.2, -0.15) is 0 Å². The van der Waals surface area contributed by atoms with E-state index in [1.54, 1.807) is 29.5 Å². The lowest BCUT2D eigenvalue weighted by Crippen LogP contribution is -2.35. The van der Waals surface area contributed by atoms with Gasteiger partial charge >= 0.3 is 0 Å². The van der Waals surface area contributed by atoms with Crippen LogP contribution < -0.4 is 10.9 Å². The van der Waals surface area contributed by atoms with E-state index in [0.717, 1.165) is 16.8 Å². The lowest BCUT2D eigenvalue weighted by atomic mass is 9.94. The molecule has 38 heavy (non-hydrogen) atoms. The molecule has 2 aliphatic heterocycles. The van der Waals surface area contributed by atoms with Gasteiger partial charge in [0.25, 0.3) is 11.5 Å². The number of nitrogens with one attached hydrogen (secondary N) is 1. The molecule has 1 N–H and O–H groups in total. The van der Waals surface area contributed by atoms with Crippen LogP contribution in [0.1, 0.15) is 35.0 Å². The summed E-state index contributed by atoms with van der Waals surface area (Å²) in [4.78, 5) is 47.8. The molecule has 0 saturated heterocycles. The molecule has 0 aromatic carbocycles. The molecule has 196 valence electrons. The minimum atomic E-state index is -0.424. The first-order valence-corrected chi connectivity index (χ1v) is 12.9. The largest absolute Gasteiger partial charge is 0.348 e. The molecule has 0 fully saturated rings. The van der Waals surface area contributed by atoms with Crippen molar-refractivity contribution in [3.8, 4) is 0 Å². The Hall–Kier alpha value is -3.85. The molecule has 0 spiro atoms. The third-order valence-corrected chi connectivity index (χ3v) is 7.19. The Morgan fingerprint density at radius 3 is 2.84 bits per heavy atom. The number of aromatic nitrogens is 2. The van der Waals surface area contributed by atoms with Crippen molar-refractivity contribution in [3.63, 3.8) is 0 Å². The zero-order valence-electron chi connectivity index (χ0n) is 20.8. The van der Waals surface area contributed by atoms with Gasteiger partial charge in [0.1, 0.15) is 5.83 Å². The van der Waals surface area contributed by atoms with Gasteiger partial charge in [-0.15, -0.1) is 11.6 Å². The number of rotatable bonds is 7. The van der Waals surface area contributed by atoms with Gasteiger partial charge in [-0.25, -0.2) is 4.39 Å². The monoisotopic (exact) mass is 535 g/mol. The van der Waals surface area contributed by atoms with Crippen LogP contribution in [0.5, 0.6) is 0 Å². The van der Waals surface area contributed by atoms with Crippen molar-refractivity contribution in [2.45, 2.75) is 37.9 Å². The first-order valence-electron chi connectivity index (χ1n) is 12.4. The molecular formula is C28H27ClFN5O3. The first-order chi connectivity index (χ1) is 18.3. The Bertz CT molecular complexity index is 1440. The van der Waals surface area contributed by atoms with Crippen molar-refractivity contribution in [1.82, 2.24) is 19.8 Å². The minimum Gasteiger partial charge on any atom is -0.348 e. The lowest BCUT2D eigenvalue weighted by Gasteiger charge is -2.26. The fourth-order valence-corrected chi connectivity index (χ4v) is 4.98. The maximum absolute atomic E-state index is 14.5. The highest BCUT2D eigenvalue weighted by molar-refractivity contribution is 6.31. The molecule has 5 rings (SSSR count). The Labute approximate surface area is 224 Å². The van der Waals surface area contributed by atoms with E-state index < -0.39 is 5.91 Å². The van der Waals surface area contributed by atoms with Crippen LogP contribution in [0.15, 0.2) is 81.6 Å². The van der Waals surface area contributed by atoms with Gasteiger partial charge in [-0.05, 0) is 35.3 Å². The third-order valence-electron chi connectivity index (χ3n) is 6.83. The normalized spacial score (nSPS) is 22.5. The molecule has 8 nitrogen and oxygen atoms in total. The molecule has 3 atom stereocenters. The SMILES string of the molecule is CC1C=CC(=O)N(Cc2ccc(Cn3cc(C(=O)NCC4=C(F)CC5N=CC(Cl)C5=C4)ccc3=O)cn2)C1. The number of amides is 2. The fourth-order valence-electron chi connectivity index (χ4n) is 4.70. The van der Waals surface area contributed by atoms with Crippen molar-refractivity contribution in [1.29, 1.82) is 0 Å². The summed E-state index contributed by atoms with van der Waals surface area (Å²) >= 11 is 6.21. The average Bonchev–Trinajstić information content (AvgIpc) is 3.26. The van der Waals surface area contributed by atoms with E-state index in [1.807, 2.05) is 18.2 Å². The summed E-state index contributed by atoms with van der Waals surface area (Å²) in [5, 5.41) is 2.37. The van der Waals surface area contributed by atoms with Crippen molar-refractivity contribution in [2.24, 2.45) is 10.9 Å². The summed E-state index contributed by atoms with van der Waals surface area (Å²) in [7, 11) is 0. The maximum atomic E-state index is 14.5. The van der Waals surface area contributed by atoms with Gasteiger partial charge < -0.3 is 14.8 Å². The summed E-state index contributed by atoms with van der Waals surface area (Å²) in [5.74, 6) is -0.480. The number of aliphatic imine (C=N–C) groups is 1. The number of carbonyl (C=O) groups is 2. The Balaban J connectivity index is 1.22. The summed E-state index contributed by atoms with van der Waals surface area (Å²) in [6, 6.07) is 6.19. The second-order valence-electron chi connectivity index (χ2n) is 9.77. The number of alkyl halides is 1. The third kappa shape index (κ3) is 5.67. The van der Waals surface area contributed by atoms with Crippen LogP contribution in [0.3, 0.4) is 0 Å². The van der Waals surface area contributed by atoms with Crippen LogP contribution in [-0.2, 0) is 17.9 Å². The van der Waals surface area contributed by atoms with Gasteiger partial charge in [0, 0.05) is 49.8 Å². The number of fused-ring (bicyclic) bond motifs is 1. The van der Waals surface area contributed by atoms with Crippen LogP contribution in [0.2, 0.25) is 0 Å². The zero-order valence-corrected chi connectivity index (χ0v) is 21.6. The van der Waals surface area contributed by atoms with E-state index in [9.17, 15) is 18.8 Å². The van der Waals surface area contributed by atoms with E-state index in [-0.39, 0.29) is 53.8 Å². The Morgan fingerprint density at radius 2 is 2.05 bits per heavy atom. The van der Waals surface area contributed by atoms with Crippen LogP contribution in [0.25, 0.3) is 0 Å². The van der Waals surface area contributed by atoms with Crippen LogP contribution in [0.4, 0.5) is 4.39 Å². The number of carbonyl (C=O) groups excluding carboxylic acids is 2. The summed E-state index contributed by atoms with van der Waals surface area (Å²) in [5.41, 5.74) is 2.74. The van der Waals surface area contributed by atoms with E-state index in [4.69, 9.17) is 11.6 Å². The second kappa shape index (κ2) is 10.9. The standard InChI is InChI=1S/C28H27ClFN5O3/c1-17-2-6-26(36)34(13-17)16-21-5-3-18(10-31-21)14-35-15-19(4-7-27(35)37)28(38)33-11-20-8-22-23(29)12-32-25(22)9-24(20)30/h2-8,10,12,15,17,23,25H,9,11,13-14,16H2,1H3,(H,33,38). The predicted octanol–water partition coefficient (Wildman–Crippen LogP) is 3.17. The molecule has 3 aliphatic rings. The van der Waals surface area contributed by atoms with Gasteiger partial charge in [0.15, 0.2) is 0 Å². The number of hydrogen-bond donors (Lipinski definition) is 1. The fraction of sp³-hybridized carbons (Fsp3) is 0.321. The molecule has 10 heteroatoms. The maximum Gasteiger partial charge on any atom is 0.253 e. The van der Waals surface area contributed by atoms with E-state index in [2.05, 4.69) is 22.2 Å². The molecule has 0 bridgehead atoms. The van der Waals surface area contributed by atoms with Gasteiger partial charge in [-0.1, -0.05) is 25.1 Å². The molecule has 2 aromatic heterocycles. The number of nitrogens with zero attached hydrogens (tertiary/aromatic N) is 4. The average molecular weight is 536 g/mol. The van der Waals surface area contributed by atoms with E-state index >= 15 is 0 Å². The van der Waals surface area contributed by atoms with Crippen LogP contribution in [0, 0.1) is 5.92 Å². The molecule has 2 amide bonds. The molecule has 0 saturated carbocycles. The van der Waals surface area contributed by atoms with E-state index in [1.165, 1.54) is 22.9 Å². The van der Waals surface area contributed by atoms with Gasteiger partial charge in [0.05, 0.1) is 35.8 Å². The number of halogens is 2. The molecule has 4 heterocycles. The van der Waals surface area contributed by atoms with Crippen LogP contribution >= 0.6 is 11.6 Å². The highest BCUT2D eigenvalue weighted by atomic mass is 35.5. The molecule has 2 aromatic rings. The lowest BCUT2D eigenvalue weighted by molar-refractivity contribution is -0.127. The topological polar surface area (TPSA) is 96.7 Å². The molecular weight excluding hydrogens is 509 g/mol.